The Hall–Kier alpha value is -1.08. The second kappa shape index (κ2) is 5.96. The van der Waals surface area contributed by atoms with E-state index in [0.29, 0.717) is 11.8 Å². The number of rotatable bonds is 0. The first-order valence-electron chi connectivity index (χ1n) is 10.4. The lowest BCUT2D eigenvalue weighted by Crippen LogP contribution is -2.49. The van der Waals surface area contributed by atoms with E-state index in [1.165, 1.54) is 12.8 Å². The molecule has 1 heterocycles. The van der Waals surface area contributed by atoms with Crippen LogP contribution in [0.1, 0.15) is 58.8 Å². The lowest BCUT2D eigenvalue weighted by atomic mass is 9.56. The van der Waals surface area contributed by atoms with Crippen LogP contribution in [0.15, 0.2) is 22.8 Å². The molecule has 1 N–H and O–H groups in total. The smallest absolute Gasteiger partial charge is 0.131 e. The van der Waals surface area contributed by atoms with Crippen molar-refractivity contribution in [1.29, 1.82) is 0 Å². The van der Waals surface area contributed by atoms with Crippen molar-refractivity contribution in [2.24, 2.45) is 17.3 Å². The van der Waals surface area contributed by atoms with E-state index in [2.05, 4.69) is 24.8 Å². The summed E-state index contributed by atoms with van der Waals surface area (Å²) >= 11 is 0. The maximum Gasteiger partial charge on any atom is 0.131 e. The first kappa shape index (κ1) is 17.0. The number of aliphatic hydroxyl groups is 1. The van der Waals surface area contributed by atoms with Gasteiger partial charge in [-0.05, 0) is 68.4 Å². The molecule has 0 spiro atoms. The molecular formula is C23H30O3. The van der Waals surface area contributed by atoms with E-state index in [-0.39, 0.29) is 17.6 Å². The van der Waals surface area contributed by atoms with Crippen molar-refractivity contribution in [2.75, 3.05) is 13.2 Å². The minimum atomic E-state index is -0.818. The van der Waals surface area contributed by atoms with Crippen LogP contribution in [0, 0.1) is 29.1 Å². The van der Waals surface area contributed by atoms with Gasteiger partial charge in [-0.2, -0.15) is 0 Å². The van der Waals surface area contributed by atoms with Crippen LogP contribution in [0.5, 0.6) is 0 Å². The maximum atomic E-state index is 11.3. The van der Waals surface area contributed by atoms with Crippen molar-refractivity contribution in [1.82, 2.24) is 0 Å². The van der Waals surface area contributed by atoms with E-state index >= 15 is 0 Å². The van der Waals surface area contributed by atoms with Gasteiger partial charge in [0.25, 0.3) is 0 Å². The zero-order valence-electron chi connectivity index (χ0n) is 16.0. The van der Waals surface area contributed by atoms with Crippen LogP contribution in [-0.4, -0.2) is 36.1 Å². The van der Waals surface area contributed by atoms with Crippen LogP contribution in [0.3, 0.4) is 0 Å². The van der Waals surface area contributed by atoms with E-state index in [4.69, 9.17) is 9.47 Å². The predicted molar refractivity (Wildman–Crippen MR) is 100 cm³/mol. The van der Waals surface area contributed by atoms with Gasteiger partial charge in [-0.3, -0.25) is 0 Å². The molecule has 0 amide bonds. The van der Waals surface area contributed by atoms with Gasteiger partial charge < -0.3 is 14.6 Å². The summed E-state index contributed by atoms with van der Waals surface area (Å²) in [6.45, 7) is 5.60. The molecule has 1 aliphatic heterocycles. The normalized spacial score (nSPS) is 47.0. The predicted octanol–water partition coefficient (Wildman–Crippen LogP) is 3.77. The maximum absolute atomic E-state index is 11.3. The Balaban J connectivity index is 1.49. The summed E-state index contributed by atoms with van der Waals surface area (Å²) in [7, 11) is 0. The third kappa shape index (κ3) is 2.25. The van der Waals surface area contributed by atoms with E-state index in [1.54, 1.807) is 16.7 Å². The Morgan fingerprint density at radius 1 is 1.15 bits per heavy atom. The molecule has 0 radical (unpaired) electrons. The zero-order valence-corrected chi connectivity index (χ0v) is 16.0. The average molecular weight is 354 g/mol. The minimum absolute atomic E-state index is 0.107. The SMILES string of the molecule is CC#CC1(O)CC[C@H]2[C@@H]3CCC4=C(CC5OCCOC5C4)C3=CC[C@@]21C. The second-order valence-corrected chi connectivity index (χ2v) is 9.12. The first-order valence-corrected chi connectivity index (χ1v) is 10.4. The van der Waals surface area contributed by atoms with Gasteiger partial charge >= 0.3 is 0 Å². The van der Waals surface area contributed by atoms with E-state index in [0.717, 1.165) is 45.3 Å². The van der Waals surface area contributed by atoms with E-state index in [9.17, 15) is 5.11 Å². The Morgan fingerprint density at radius 3 is 2.69 bits per heavy atom. The Kier molecular flexibility index (Phi) is 3.91. The Bertz CT molecular complexity index is 738. The summed E-state index contributed by atoms with van der Waals surface area (Å²) in [4.78, 5) is 0. The molecule has 0 aromatic carbocycles. The highest BCUT2D eigenvalue weighted by molar-refractivity contribution is 5.46. The summed E-state index contributed by atoms with van der Waals surface area (Å²) in [6, 6.07) is 0. The van der Waals surface area contributed by atoms with Gasteiger partial charge in [0.05, 0.1) is 25.4 Å². The second-order valence-electron chi connectivity index (χ2n) is 9.12. The van der Waals surface area contributed by atoms with Gasteiger partial charge in [-0.15, -0.1) is 5.92 Å². The van der Waals surface area contributed by atoms with Crippen molar-refractivity contribution >= 4 is 0 Å². The third-order valence-corrected chi connectivity index (χ3v) is 8.09. The van der Waals surface area contributed by atoms with Crippen LogP contribution in [0.2, 0.25) is 0 Å². The first-order chi connectivity index (χ1) is 12.6. The van der Waals surface area contributed by atoms with Crippen molar-refractivity contribution in [3.63, 3.8) is 0 Å². The Labute approximate surface area is 156 Å². The molecule has 1 saturated heterocycles. The standard InChI is InChI=1S/C23H30O3/c1-3-8-23(24)10-7-19-17-5-4-15-13-20-21(26-12-11-25-20)14-18(15)16(17)6-9-22(19,23)2/h6,17,19-21,24H,4-5,7,9-14H2,1-2H3/t17-,19+,20?,21?,22+,23?/m1/s1. The summed E-state index contributed by atoms with van der Waals surface area (Å²) in [5.41, 5.74) is 3.84. The molecule has 2 fully saturated rings. The van der Waals surface area contributed by atoms with Crippen molar-refractivity contribution in [2.45, 2.75) is 76.6 Å². The lowest BCUT2D eigenvalue weighted by molar-refractivity contribution is -0.142. The van der Waals surface area contributed by atoms with Crippen molar-refractivity contribution < 1.29 is 14.6 Å². The molecule has 1 saturated carbocycles. The highest BCUT2D eigenvalue weighted by atomic mass is 16.6. The average Bonchev–Trinajstić information content (AvgIpc) is 2.91. The molecule has 0 aromatic heterocycles. The highest BCUT2D eigenvalue weighted by Gasteiger charge is 2.59. The summed E-state index contributed by atoms with van der Waals surface area (Å²) < 4.78 is 12.0. The number of hydrogen-bond donors (Lipinski definition) is 1. The summed E-state index contributed by atoms with van der Waals surface area (Å²) in [5.74, 6) is 7.30. The number of ether oxygens (including phenoxy) is 2. The fraction of sp³-hybridized carbons (Fsp3) is 0.739. The third-order valence-electron chi connectivity index (χ3n) is 8.09. The van der Waals surface area contributed by atoms with E-state index < -0.39 is 5.60 Å². The molecule has 0 bridgehead atoms. The molecule has 3 heteroatoms. The quantitative estimate of drug-likeness (QED) is 0.673. The fourth-order valence-electron chi connectivity index (χ4n) is 6.66. The van der Waals surface area contributed by atoms with Gasteiger partial charge in [0.15, 0.2) is 0 Å². The highest BCUT2D eigenvalue weighted by Crippen LogP contribution is 2.62. The molecule has 4 aliphatic carbocycles. The minimum Gasteiger partial charge on any atom is -0.377 e. The molecule has 6 atom stereocenters. The molecular weight excluding hydrogens is 324 g/mol. The molecule has 5 rings (SSSR count). The molecule has 5 aliphatic rings. The van der Waals surface area contributed by atoms with Crippen LogP contribution in [0.4, 0.5) is 0 Å². The summed E-state index contributed by atoms with van der Waals surface area (Å²) in [5, 5.41) is 11.3. The van der Waals surface area contributed by atoms with Gasteiger partial charge in [0.1, 0.15) is 5.60 Å². The van der Waals surface area contributed by atoms with Crippen molar-refractivity contribution in [3.8, 4) is 11.8 Å². The monoisotopic (exact) mass is 354 g/mol. The number of fused-ring (bicyclic) bond motifs is 5. The van der Waals surface area contributed by atoms with Gasteiger partial charge in [0.2, 0.25) is 0 Å². The van der Waals surface area contributed by atoms with Gasteiger partial charge in [0, 0.05) is 11.8 Å². The molecule has 3 unspecified atom stereocenters. The molecule has 0 aromatic rings. The Morgan fingerprint density at radius 2 is 1.92 bits per heavy atom. The van der Waals surface area contributed by atoms with E-state index in [1.807, 2.05) is 6.92 Å². The van der Waals surface area contributed by atoms with Crippen LogP contribution in [-0.2, 0) is 9.47 Å². The molecule has 3 nitrogen and oxygen atoms in total. The largest absolute Gasteiger partial charge is 0.377 e. The zero-order chi connectivity index (χ0) is 17.9. The van der Waals surface area contributed by atoms with Crippen LogP contribution in [0.25, 0.3) is 0 Å². The van der Waals surface area contributed by atoms with Gasteiger partial charge in [-0.1, -0.05) is 24.5 Å². The topological polar surface area (TPSA) is 38.7 Å². The van der Waals surface area contributed by atoms with Crippen molar-refractivity contribution in [3.05, 3.63) is 22.8 Å². The summed E-state index contributed by atoms with van der Waals surface area (Å²) in [6.07, 6.45) is 10.3. The number of allylic oxidation sites excluding steroid dienone is 2. The molecule has 26 heavy (non-hydrogen) atoms. The van der Waals surface area contributed by atoms with Gasteiger partial charge in [-0.25, -0.2) is 0 Å². The number of hydrogen-bond acceptors (Lipinski definition) is 3. The fourth-order valence-corrected chi connectivity index (χ4v) is 6.66. The van der Waals surface area contributed by atoms with Crippen LogP contribution < -0.4 is 0 Å². The molecule has 140 valence electrons. The lowest BCUT2D eigenvalue weighted by Gasteiger charge is -2.50. The van der Waals surface area contributed by atoms with Crippen LogP contribution >= 0.6 is 0 Å².